The fourth-order valence-electron chi connectivity index (χ4n) is 2.97. The van der Waals surface area contributed by atoms with Gasteiger partial charge in [0.15, 0.2) is 10.8 Å². The van der Waals surface area contributed by atoms with Gasteiger partial charge in [-0.3, -0.25) is 14.9 Å². The lowest BCUT2D eigenvalue weighted by molar-refractivity contribution is 0.101. The third-order valence-electron chi connectivity index (χ3n) is 4.48. The predicted molar refractivity (Wildman–Crippen MR) is 117 cm³/mol. The highest BCUT2D eigenvalue weighted by Crippen LogP contribution is 2.27. The van der Waals surface area contributed by atoms with E-state index in [0.717, 1.165) is 16.6 Å². The van der Waals surface area contributed by atoms with E-state index < -0.39 is 11.3 Å². The quantitative estimate of drug-likeness (QED) is 0.518. The van der Waals surface area contributed by atoms with Crippen molar-refractivity contribution in [3.63, 3.8) is 0 Å². The summed E-state index contributed by atoms with van der Waals surface area (Å²) in [5.41, 5.74) is 2.48. The van der Waals surface area contributed by atoms with E-state index in [9.17, 15) is 9.59 Å². The Labute approximate surface area is 175 Å². The molecule has 0 aliphatic carbocycles. The molecule has 0 radical (unpaired) electrons. The van der Waals surface area contributed by atoms with Crippen molar-refractivity contribution >= 4 is 44.2 Å². The minimum absolute atomic E-state index is 0.218. The van der Waals surface area contributed by atoms with Gasteiger partial charge in [-0.25, -0.2) is 9.67 Å². The molecule has 29 heavy (non-hydrogen) atoms. The van der Waals surface area contributed by atoms with Crippen LogP contribution in [-0.4, -0.2) is 20.7 Å². The van der Waals surface area contributed by atoms with Crippen LogP contribution in [0.2, 0.25) is 5.02 Å². The van der Waals surface area contributed by atoms with Crippen LogP contribution in [0.25, 0.3) is 15.9 Å². The zero-order valence-corrected chi connectivity index (χ0v) is 17.3. The standard InChI is InChI=1S/C21H17ClN4O2S/c1-3-13-8-9-15-18(11-13)29-21(23-15)24-20(28)19-17(27)10-12(2)26(25-19)16-7-5-4-6-14(16)22/h4-11H,3H2,1-2H3,(H,23,24,28). The summed E-state index contributed by atoms with van der Waals surface area (Å²) in [6, 6.07) is 14.5. The third-order valence-corrected chi connectivity index (χ3v) is 5.74. The van der Waals surface area contributed by atoms with E-state index in [1.54, 1.807) is 25.1 Å². The zero-order chi connectivity index (χ0) is 20.5. The molecule has 6 nitrogen and oxygen atoms in total. The first-order valence-electron chi connectivity index (χ1n) is 9.03. The first kappa shape index (κ1) is 19.3. The molecular weight excluding hydrogens is 408 g/mol. The normalized spacial score (nSPS) is 11.0. The largest absolute Gasteiger partial charge is 0.296 e. The van der Waals surface area contributed by atoms with E-state index in [-0.39, 0.29) is 5.69 Å². The van der Waals surface area contributed by atoms with Gasteiger partial charge in [0.2, 0.25) is 5.43 Å². The fraction of sp³-hybridized carbons (Fsp3) is 0.143. The number of carbonyl (C=O) groups excluding carboxylic acids is 1. The lowest BCUT2D eigenvalue weighted by Crippen LogP contribution is -2.26. The number of para-hydroxylation sites is 1. The lowest BCUT2D eigenvalue weighted by Gasteiger charge is -2.12. The van der Waals surface area contributed by atoms with E-state index in [4.69, 9.17) is 11.6 Å². The molecule has 0 aliphatic heterocycles. The van der Waals surface area contributed by atoms with Crippen LogP contribution in [0.4, 0.5) is 5.13 Å². The van der Waals surface area contributed by atoms with Gasteiger partial charge in [0.25, 0.3) is 5.91 Å². The van der Waals surface area contributed by atoms with Gasteiger partial charge in [-0.05, 0) is 43.2 Å². The molecule has 4 aromatic rings. The Morgan fingerprint density at radius 2 is 2.00 bits per heavy atom. The Kier molecular flexibility index (Phi) is 5.17. The van der Waals surface area contributed by atoms with Crippen LogP contribution in [0.3, 0.4) is 0 Å². The van der Waals surface area contributed by atoms with Crippen molar-refractivity contribution in [2.75, 3.05) is 5.32 Å². The summed E-state index contributed by atoms with van der Waals surface area (Å²) in [4.78, 5) is 29.6. The molecule has 0 unspecified atom stereocenters. The molecule has 8 heteroatoms. The molecule has 2 aromatic heterocycles. The molecule has 2 aromatic carbocycles. The highest BCUT2D eigenvalue weighted by atomic mass is 35.5. The molecule has 2 heterocycles. The maximum Gasteiger partial charge on any atom is 0.281 e. The van der Waals surface area contributed by atoms with Crippen LogP contribution >= 0.6 is 22.9 Å². The molecule has 146 valence electrons. The second-order valence-electron chi connectivity index (χ2n) is 6.49. The average Bonchev–Trinajstić information content (AvgIpc) is 3.10. The first-order valence-corrected chi connectivity index (χ1v) is 10.2. The predicted octanol–water partition coefficient (Wildman–Crippen LogP) is 4.62. The highest BCUT2D eigenvalue weighted by Gasteiger charge is 2.18. The third kappa shape index (κ3) is 3.79. The lowest BCUT2D eigenvalue weighted by atomic mass is 10.2. The van der Waals surface area contributed by atoms with Gasteiger partial charge >= 0.3 is 0 Å². The smallest absolute Gasteiger partial charge is 0.281 e. The van der Waals surface area contributed by atoms with Crippen LogP contribution in [0.5, 0.6) is 0 Å². The Hall–Kier alpha value is -3.03. The van der Waals surface area contributed by atoms with Gasteiger partial charge in [0, 0.05) is 11.8 Å². The molecule has 1 N–H and O–H groups in total. The minimum Gasteiger partial charge on any atom is -0.296 e. The number of carbonyl (C=O) groups is 1. The number of aryl methyl sites for hydroxylation is 2. The molecule has 0 aliphatic rings. The van der Waals surface area contributed by atoms with Gasteiger partial charge < -0.3 is 0 Å². The molecule has 0 saturated carbocycles. The topological polar surface area (TPSA) is 76.9 Å². The molecule has 4 rings (SSSR count). The summed E-state index contributed by atoms with van der Waals surface area (Å²) in [7, 11) is 0. The monoisotopic (exact) mass is 424 g/mol. The van der Waals surface area contributed by atoms with Crippen molar-refractivity contribution in [3.05, 3.63) is 80.7 Å². The summed E-state index contributed by atoms with van der Waals surface area (Å²) < 4.78 is 2.47. The average molecular weight is 425 g/mol. The maximum atomic E-state index is 12.8. The summed E-state index contributed by atoms with van der Waals surface area (Å²) in [6.45, 7) is 3.82. The number of nitrogens with zero attached hydrogens (tertiary/aromatic N) is 3. The second-order valence-corrected chi connectivity index (χ2v) is 7.93. The Morgan fingerprint density at radius 1 is 1.21 bits per heavy atom. The number of hydrogen-bond acceptors (Lipinski definition) is 5. The van der Waals surface area contributed by atoms with Crippen molar-refractivity contribution in [1.29, 1.82) is 0 Å². The maximum absolute atomic E-state index is 12.8. The van der Waals surface area contributed by atoms with Crippen LogP contribution in [-0.2, 0) is 6.42 Å². The number of hydrogen-bond donors (Lipinski definition) is 1. The number of thiazole rings is 1. The summed E-state index contributed by atoms with van der Waals surface area (Å²) in [5, 5.41) is 7.85. The van der Waals surface area contributed by atoms with E-state index in [2.05, 4.69) is 28.4 Å². The van der Waals surface area contributed by atoms with Gasteiger partial charge in [-0.15, -0.1) is 0 Å². The number of benzene rings is 2. The van der Waals surface area contributed by atoms with Crippen molar-refractivity contribution in [2.45, 2.75) is 20.3 Å². The van der Waals surface area contributed by atoms with E-state index in [0.29, 0.717) is 21.5 Å². The fourth-order valence-corrected chi connectivity index (χ4v) is 4.11. The Balaban J connectivity index is 1.69. The zero-order valence-electron chi connectivity index (χ0n) is 15.8. The molecular formula is C21H17ClN4O2S. The van der Waals surface area contributed by atoms with Crippen LogP contribution in [0.1, 0.15) is 28.7 Å². The van der Waals surface area contributed by atoms with E-state index >= 15 is 0 Å². The van der Waals surface area contributed by atoms with E-state index in [1.165, 1.54) is 27.6 Å². The summed E-state index contributed by atoms with van der Waals surface area (Å²) in [5.74, 6) is -0.606. The van der Waals surface area contributed by atoms with Gasteiger partial charge in [0.05, 0.1) is 20.9 Å². The van der Waals surface area contributed by atoms with Crippen LogP contribution in [0, 0.1) is 6.92 Å². The Morgan fingerprint density at radius 3 is 2.76 bits per heavy atom. The molecule has 0 bridgehead atoms. The summed E-state index contributed by atoms with van der Waals surface area (Å²) in [6.07, 6.45) is 0.921. The van der Waals surface area contributed by atoms with E-state index in [1.807, 2.05) is 18.2 Å². The number of halogens is 1. The molecule has 0 spiro atoms. The van der Waals surface area contributed by atoms with Crippen LogP contribution in [0.15, 0.2) is 53.3 Å². The second kappa shape index (κ2) is 7.77. The molecule has 0 atom stereocenters. The van der Waals surface area contributed by atoms with Crippen molar-refractivity contribution < 1.29 is 4.79 Å². The molecule has 0 fully saturated rings. The highest BCUT2D eigenvalue weighted by molar-refractivity contribution is 7.22. The summed E-state index contributed by atoms with van der Waals surface area (Å²) >= 11 is 7.62. The molecule has 1 amide bonds. The van der Waals surface area contributed by atoms with Gasteiger partial charge in [0.1, 0.15) is 0 Å². The van der Waals surface area contributed by atoms with Crippen LogP contribution < -0.4 is 10.7 Å². The Bertz CT molecular complexity index is 1300. The number of anilines is 1. The van der Waals surface area contributed by atoms with Crippen molar-refractivity contribution in [3.8, 4) is 5.69 Å². The first-order chi connectivity index (χ1) is 14.0. The number of nitrogens with one attached hydrogen (secondary N) is 1. The van der Waals surface area contributed by atoms with Gasteiger partial charge in [-0.1, -0.05) is 48.1 Å². The SMILES string of the molecule is CCc1ccc2nc(NC(=O)c3nn(-c4ccccc4Cl)c(C)cc3=O)sc2c1. The number of amides is 1. The minimum atomic E-state index is -0.606. The number of fused-ring (bicyclic) bond motifs is 1. The molecule has 0 saturated heterocycles. The number of aromatic nitrogens is 3. The van der Waals surface area contributed by atoms with Gasteiger partial charge in [-0.2, -0.15) is 5.10 Å². The van der Waals surface area contributed by atoms with Crippen molar-refractivity contribution in [2.24, 2.45) is 0 Å². The number of rotatable bonds is 4. The van der Waals surface area contributed by atoms with Crippen molar-refractivity contribution in [1.82, 2.24) is 14.8 Å².